The maximum atomic E-state index is 12.0. The van der Waals surface area contributed by atoms with Crippen molar-refractivity contribution in [2.45, 2.75) is 51.2 Å². The summed E-state index contributed by atoms with van der Waals surface area (Å²) in [7, 11) is 0. The first-order chi connectivity index (χ1) is 8.31. The van der Waals surface area contributed by atoms with E-state index >= 15 is 0 Å². The number of amides is 1. The van der Waals surface area contributed by atoms with Crippen molar-refractivity contribution in [2.75, 3.05) is 26.2 Å². The second-order valence-corrected chi connectivity index (χ2v) is 5.04. The Kier molecular flexibility index (Phi) is 4.80. The van der Waals surface area contributed by atoms with E-state index in [1.165, 1.54) is 12.8 Å². The average molecular weight is 240 g/mol. The van der Waals surface area contributed by atoms with Gasteiger partial charge in [0.2, 0.25) is 5.91 Å². The van der Waals surface area contributed by atoms with Gasteiger partial charge in [0.1, 0.15) is 0 Å². The SMILES string of the molecule is CCCNC1CCN(CCC2CCCO2)C1=O. The van der Waals surface area contributed by atoms with Crippen LogP contribution in [-0.4, -0.2) is 49.2 Å². The third kappa shape index (κ3) is 3.42. The Balaban J connectivity index is 1.69. The lowest BCUT2D eigenvalue weighted by molar-refractivity contribution is -0.129. The van der Waals surface area contributed by atoms with Crippen LogP contribution in [0.25, 0.3) is 0 Å². The van der Waals surface area contributed by atoms with Crippen LogP contribution in [0.2, 0.25) is 0 Å². The molecule has 1 N–H and O–H groups in total. The Hall–Kier alpha value is -0.610. The van der Waals surface area contributed by atoms with E-state index in [9.17, 15) is 4.79 Å². The molecule has 0 aromatic carbocycles. The Morgan fingerprint density at radius 3 is 3.06 bits per heavy atom. The van der Waals surface area contributed by atoms with Crippen molar-refractivity contribution < 1.29 is 9.53 Å². The molecule has 2 aliphatic heterocycles. The van der Waals surface area contributed by atoms with Crippen LogP contribution in [0.4, 0.5) is 0 Å². The lowest BCUT2D eigenvalue weighted by atomic mass is 10.2. The van der Waals surface area contributed by atoms with Crippen molar-refractivity contribution in [1.82, 2.24) is 10.2 Å². The zero-order valence-corrected chi connectivity index (χ0v) is 10.8. The Bertz CT molecular complexity index is 252. The zero-order valence-electron chi connectivity index (χ0n) is 10.8. The summed E-state index contributed by atoms with van der Waals surface area (Å²) in [5, 5.41) is 3.32. The van der Waals surface area contributed by atoms with Gasteiger partial charge >= 0.3 is 0 Å². The molecule has 98 valence electrons. The van der Waals surface area contributed by atoms with Gasteiger partial charge in [-0.2, -0.15) is 0 Å². The quantitative estimate of drug-likeness (QED) is 0.757. The van der Waals surface area contributed by atoms with E-state index in [1.54, 1.807) is 0 Å². The van der Waals surface area contributed by atoms with Gasteiger partial charge in [0.05, 0.1) is 12.1 Å². The molecule has 2 heterocycles. The van der Waals surface area contributed by atoms with E-state index in [-0.39, 0.29) is 11.9 Å². The lowest BCUT2D eigenvalue weighted by Gasteiger charge is -2.19. The predicted octanol–water partition coefficient (Wildman–Crippen LogP) is 1.16. The number of likely N-dealkylation sites (tertiary alicyclic amines) is 1. The highest BCUT2D eigenvalue weighted by Gasteiger charge is 2.31. The number of ether oxygens (including phenoxy) is 1. The molecule has 1 amide bonds. The van der Waals surface area contributed by atoms with E-state index in [0.29, 0.717) is 6.10 Å². The van der Waals surface area contributed by atoms with E-state index < -0.39 is 0 Å². The molecule has 17 heavy (non-hydrogen) atoms. The summed E-state index contributed by atoms with van der Waals surface area (Å²) in [6, 6.07) is 0.0689. The summed E-state index contributed by atoms with van der Waals surface area (Å²) in [6.45, 7) is 5.75. The summed E-state index contributed by atoms with van der Waals surface area (Å²) >= 11 is 0. The van der Waals surface area contributed by atoms with Gasteiger partial charge in [-0.05, 0) is 38.6 Å². The second-order valence-electron chi connectivity index (χ2n) is 5.04. The van der Waals surface area contributed by atoms with Crippen molar-refractivity contribution in [3.63, 3.8) is 0 Å². The minimum absolute atomic E-state index is 0.0689. The molecular formula is C13H24N2O2. The number of rotatable bonds is 6. The van der Waals surface area contributed by atoms with Crippen LogP contribution in [-0.2, 0) is 9.53 Å². The maximum absolute atomic E-state index is 12.0. The highest BCUT2D eigenvalue weighted by molar-refractivity contribution is 5.83. The molecule has 2 saturated heterocycles. The molecule has 0 radical (unpaired) electrons. The highest BCUT2D eigenvalue weighted by atomic mass is 16.5. The fraction of sp³-hybridized carbons (Fsp3) is 0.923. The third-order valence-corrected chi connectivity index (χ3v) is 3.68. The van der Waals surface area contributed by atoms with Crippen LogP contribution < -0.4 is 5.32 Å². The summed E-state index contributed by atoms with van der Waals surface area (Å²) in [5.41, 5.74) is 0. The molecule has 2 atom stereocenters. The van der Waals surface area contributed by atoms with Crippen LogP contribution in [0.1, 0.15) is 39.0 Å². The molecule has 2 rings (SSSR count). The number of nitrogens with zero attached hydrogens (tertiary/aromatic N) is 1. The van der Waals surface area contributed by atoms with Crippen molar-refractivity contribution >= 4 is 5.91 Å². The summed E-state index contributed by atoms with van der Waals surface area (Å²) in [5.74, 6) is 0.288. The van der Waals surface area contributed by atoms with Gasteiger partial charge in [0, 0.05) is 19.7 Å². The first kappa shape index (κ1) is 12.8. The number of hydrogen-bond acceptors (Lipinski definition) is 3. The van der Waals surface area contributed by atoms with E-state index in [0.717, 1.165) is 45.5 Å². The molecule has 0 spiro atoms. The van der Waals surface area contributed by atoms with Gasteiger partial charge in [-0.3, -0.25) is 4.79 Å². The van der Waals surface area contributed by atoms with E-state index in [1.807, 2.05) is 4.90 Å². The Morgan fingerprint density at radius 1 is 1.47 bits per heavy atom. The zero-order chi connectivity index (χ0) is 12.1. The fourth-order valence-corrected chi connectivity index (χ4v) is 2.64. The Labute approximate surface area is 104 Å². The topological polar surface area (TPSA) is 41.6 Å². The maximum Gasteiger partial charge on any atom is 0.239 e. The van der Waals surface area contributed by atoms with Crippen LogP contribution in [0.3, 0.4) is 0 Å². The molecule has 2 aliphatic rings. The molecule has 0 saturated carbocycles. The van der Waals surface area contributed by atoms with Gasteiger partial charge in [0.15, 0.2) is 0 Å². The minimum Gasteiger partial charge on any atom is -0.378 e. The fourth-order valence-electron chi connectivity index (χ4n) is 2.64. The molecule has 0 aromatic heterocycles. The molecule has 0 aliphatic carbocycles. The smallest absolute Gasteiger partial charge is 0.239 e. The minimum atomic E-state index is 0.0689. The first-order valence-corrected chi connectivity index (χ1v) is 6.95. The van der Waals surface area contributed by atoms with Crippen LogP contribution in [0.15, 0.2) is 0 Å². The number of hydrogen-bond donors (Lipinski definition) is 1. The first-order valence-electron chi connectivity index (χ1n) is 6.95. The van der Waals surface area contributed by atoms with Gasteiger partial charge in [-0.25, -0.2) is 0 Å². The number of nitrogens with one attached hydrogen (secondary N) is 1. The highest BCUT2D eigenvalue weighted by Crippen LogP contribution is 2.18. The van der Waals surface area contributed by atoms with Gasteiger partial charge < -0.3 is 15.0 Å². The number of carbonyl (C=O) groups excluding carboxylic acids is 1. The van der Waals surface area contributed by atoms with Crippen LogP contribution >= 0.6 is 0 Å². The lowest BCUT2D eigenvalue weighted by Crippen LogP contribution is -2.39. The molecular weight excluding hydrogens is 216 g/mol. The van der Waals surface area contributed by atoms with Gasteiger partial charge in [-0.15, -0.1) is 0 Å². The van der Waals surface area contributed by atoms with Crippen molar-refractivity contribution in [3.05, 3.63) is 0 Å². The molecule has 0 bridgehead atoms. The van der Waals surface area contributed by atoms with Crippen molar-refractivity contribution in [3.8, 4) is 0 Å². The molecule has 4 heteroatoms. The second kappa shape index (κ2) is 6.36. The molecule has 4 nitrogen and oxygen atoms in total. The molecule has 2 fully saturated rings. The summed E-state index contributed by atoms with van der Waals surface area (Å²) < 4.78 is 5.59. The Morgan fingerprint density at radius 2 is 2.35 bits per heavy atom. The van der Waals surface area contributed by atoms with Gasteiger partial charge in [0.25, 0.3) is 0 Å². The standard InChI is InChI=1S/C13H24N2O2/c1-2-7-14-12-6-9-15(13(12)16)8-5-11-4-3-10-17-11/h11-12,14H,2-10H2,1H3. The third-order valence-electron chi connectivity index (χ3n) is 3.68. The summed E-state index contributed by atoms with van der Waals surface area (Å²) in [6.07, 6.45) is 5.79. The predicted molar refractivity (Wildman–Crippen MR) is 66.9 cm³/mol. The van der Waals surface area contributed by atoms with Crippen LogP contribution in [0, 0.1) is 0 Å². The van der Waals surface area contributed by atoms with Crippen molar-refractivity contribution in [1.29, 1.82) is 0 Å². The molecule has 0 aromatic rings. The summed E-state index contributed by atoms with van der Waals surface area (Å²) in [4.78, 5) is 14.0. The van der Waals surface area contributed by atoms with E-state index in [2.05, 4.69) is 12.2 Å². The monoisotopic (exact) mass is 240 g/mol. The normalized spacial score (nSPS) is 29.2. The molecule has 2 unspecified atom stereocenters. The number of carbonyl (C=O) groups is 1. The van der Waals surface area contributed by atoms with E-state index in [4.69, 9.17) is 4.74 Å². The van der Waals surface area contributed by atoms with Crippen LogP contribution in [0.5, 0.6) is 0 Å². The van der Waals surface area contributed by atoms with Crippen molar-refractivity contribution in [2.24, 2.45) is 0 Å². The average Bonchev–Trinajstić information content (AvgIpc) is 2.95. The largest absolute Gasteiger partial charge is 0.378 e. The van der Waals surface area contributed by atoms with Gasteiger partial charge in [-0.1, -0.05) is 6.92 Å².